The lowest BCUT2D eigenvalue weighted by atomic mass is 9.82. The van der Waals surface area contributed by atoms with Gasteiger partial charge in [-0.2, -0.15) is 0 Å². The molecule has 0 aliphatic heterocycles. The SMILES string of the molecule is CC[C@H](NC(=O)C1CC(Oc2cc(-c3ccccc3)nc3cc(OC)ccc23)C=C1C(=O)N[C@H](C(=O)NC(C(=O)OC)C1CCCCC1)C(C)(C)C)C(=O)O. The molecule has 13 heteroatoms. The Kier molecular flexibility index (Phi) is 13.2. The van der Waals surface area contributed by atoms with Crippen LogP contribution in [0.2, 0.25) is 0 Å². The average Bonchev–Trinajstić information content (AvgIpc) is 3.61. The van der Waals surface area contributed by atoms with Crippen LogP contribution in [-0.4, -0.2) is 78.2 Å². The zero-order valence-electron chi connectivity index (χ0n) is 32.3. The van der Waals surface area contributed by atoms with E-state index < -0.39 is 65.2 Å². The van der Waals surface area contributed by atoms with Gasteiger partial charge < -0.3 is 35.3 Å². The predicted molar refractivity (Wildman–Crippen MR) is 206 cm³/mol. The molecule has 1 heterocycles. The van der Waals surface area contributed by atoms with Crippen molar-refractivity contribution in [3.63, 3.8) is 0 Å². The number of nitrogens with one attached hydrogen (secondary N) is 3. The molecule has 0 radical (unpaired) electrons. The molecule has 2 aromatic carbocycles. The first-order chi connectivity index (χ1) is 26.2. The smallest absolute Gasteiger partial charge is 0.328 e. The van der Waals surface area contributed by atoms with Gasteiger partial charge in [-0.15, -0.1) is 0 Å². The number of benzene rings is 2. The minimum absolute atomic E-state index is 0.0176. The summed E-state index contributed by atoms with van der Waals surface area (Å²) in [5.74, 6) is -3.80. The molecule has 5 rings (SSSR count). The maximum absolute atomic E-state index is 14.3. The third kappa shape index (κ3) is 9.81. The van der Waals surface area contributed by atoms with Gasteiger partial charge in [0.2, 0.25) is 17.7 Å². The van der Waals surface area contributed by atoms with Gasteiger partial charge in [0.25, 0.3) is 0 Å². The molecule has 1 aromatic heterocycles. The summed E-state index contributed by atoms with van der Waals surface area (Å²) >= 11 is 0. The van der Waals surface area contributed by atoms with Gasteiger partial charge in [0.1, 0.15) is 35.7 Å². The lowest BCUT2D eigenvalue weighted by Gasteiger charge is -2.34. The number of hydrogen-bond acceptors (Lipinski definition) is 9. The summed E-state index contributed by atoms with van der Waals surface area (Å²) in [5, 5.41) is 18.7. The highest BCUT2D eigenvalue weighted by atomic mass is 16.5. The number of carbonyl (C=O) groups is 5. The molecule has 3 aromatic rings. The number of fused-ring (bicyclic) bond motifs is 1. The van der Waals surface area contributed by atoms with Crippen molar-refractivity contribution in [3.05, 3.63) is 66.2 Å². The van der Waals surface area contributed by atoms with Crippen molar-refractivity contribution < 1.29 is 43.3 Å². The fourth-order valence-electron chi connectivity index (χ4n) is 7.33. The molecule has 13 nitrogen and oxygen atoms in total. The van der Waals surface area contributed by atoms with E-state index in [-0.39, 0.29) is 24.3 Å². The first-order valence-electron chi connectivity index (χ1n) is 18.9. The van der Waals surface area contributed by atoms with Crippen LogP contribution in [-0.2, 0) is 28.7 Å². The average molecular weight is 757 g/mol. The van der Waals surface area contributed by atoms with E-state index in [4.69, 9.17) is 19.2 Å². The van der Waals surface area contributed by atoms with E-state index in [0.717, 1.165) is 37.7 Å². The maximum Gasteiger partial charge on any atom is 0.328 e. The molecule has 2 aliphatic rings. The molecular formula is C42H52N4O9. The van der Waals surface area contributed by atoms with Crippen LogP contribution in [0.3, 0.4) is 0 Å². The van der Waals surface area contributed by atoms with E-state index in [0.29, 0.717) is 28.1 Å². The second kappa shape index (κ2) is 17.8. The molecule has 0 spiro atoms. The van der Waals surface area contributed by atoms with Gasteiger partial charge >= 0.3 is 11.9 Å². The number of aromatic nitrogens is 1. The Labute approximate surface area is 321 Å². The van der Waals surface area contributed by atoms with Gasteiger partial charge in [-0.1, -0.05) is 77.3 Å². The summed E-state index contributed by atoms with van der Waals surface area (Å²) in [6.45, 7) is 7.00. The molecule has 3 unspecified atom stereocenters. The third-order valence-electron chi connectivity index (χ3n) is 10.4. The Morgan fingerprint density at radius 3 is 2.25 bits per heavy atom. The van der Waals surface area contributed by atoms with E-state index in [1.807, 2.05) is 36.4 Å². The van der Waals surface area contributed by atoms with E-state index >= 15 is 0 Å². The van der Waals surface area contributed by atoms with Crippen LogP contribution < -0.4 is 25.4 Å². The lowest BCUT2D eigenvalue weighted by molar-refractivity contribution is -0.148. The Balaban J connectivity index is 1.48. The van der Waals surface area contributed by atoms with Gasteiger partial charge in [-0.25, -0.2) is 14.6 Å². The van der Waals surface area contributed by atoms with Crippen LogP contribution in [0.25, 0.3) is 22.2 Å². The minimum atomic E-state index is -1.20. The summed E-state index contributed by atoms with van der Waals surface area (Å²) in [5.41, 5.74) is 1.30. The summed E-state index contributed by atoms with van der Waals surface area (Å²) in [7, 11) is 2.85. The number of carboxylic acids is 1. The highest BCUT2D eigenvalue weighted by molar-refractivity contribution is 6.04. The van der Waals surface area contributed by atoms with Gasteiger partial charge in [0.05, 0.1) is 31.3 Å². The third-order valence-corrected chi connectivity index (χ3v) is 10.4. The number of carboxylic acid groups (broad SMARTS) is 1. The van der Waals surface area contributed by atoms with Gasteiger partial charge in [-0.05, 0) is 48.8 Å². The van der Waals surface area contributed by atoms with Crippen molar-refractivity contribution in [1.82, 2.24) is 20.9 Å². The molecule has 3 amide bonds. The normalized spacial score (nSPS) is 19.0. The van der Waals surface area contributed by atoms with E-state index in [9.17, 15) is 29.1 Å². The molecule has 0 saturated heterocycles. The largest absolute Gasteiger partial charge is 0.497 e. The first-order valence-corrected chi connectivity index (χ1v) is 18.9. The fraction of sp³-hybridized carbons (Fsp3) is 0.476. The van der Waals surface area contributed by atoms with Crippen molar-refractivity contribution in [2.24, 2.45) is 17.3 Å². The zero-order chi connectivity index (χ0) is 39.9. The van der Waals surface area contributed by atoms with Crippen LogP contribution in [0.1, 0.15) is 72.6 Å². The number of methoxy groups -OCH3 is 2. The fourth-order valence-corrected chi connectivity index (χ4v) is 7.33. The van der Waals surface area contributed by atoms with Gasteiger partial charge in [0, 0.05) is 35.1 Å². The first kappa shape index (κ1) is 40.7. The Morgan fingerprint density at radius 1 is 0.927 bits per heavy atom. The topological polar surface area (TPSA) is 182 Å². The number of aliphatic carboxylic acids is 1. The number of hydrogen-bond donors (Lipinski definition) is 4. The van der Waals surface area contributed by atoms with Crippen LogP contribution in [0.15, 0.2) is 66.2 Å². The van der Waals surface area contributed by atoms with Gasteiger partial charge in [0.15, 0.2) is 0 Å². The predicted octanol–water partition coefficient (Wildman–Crippen LogP) is 5.35. The quantitative estimate of drug-likeness (QED) is 0.157. The van der Waals surface area contributed by atoms with Crippen LogP contribution in [0, 0.1) is 17.3 Å². The van der Waals surface area contributed by atoms with Crippen LogP contribution >= 0.6 is 0 Å². The summed E-state index contributed by atoms with van der Waals surface area (Å²) < 4.78 is 17.1. The minimum Gasteiger partial charge on any atom is -0.497 e. The number of amides is 3. The monoisotopic (exact) mass is 756 g/mol. The Morgan fingerprint density at radius 2 is 1.64 bits per heavy atom. The Bertz CT molecular complexity index is 1920. The molecule has 294 valence electrons. The number of esters is 1. The van der Waals surface area contributed by atoms with Crippen LogP contribution in [0.5, 0.6) is 11.5 Å². The number of pyridine rings is 1. The van der Waals surface area contributed by atoms with E-state index in [2.05, 4.69) is 16.0 Å². The second-order valence-corrected chi connectivity index (χ2v) is 15.3. The summed E-state index contributed by atoms with van der Waals surface area (Å²) in [6, 6.07) is 13.6. The molecule has 1 saturated carbocycles. The Hall–Kier alpha value is -5.46. The van der Waals surface area contributed by atoms with E-state index in [1.165, 1.54) is 7.11 Å². The van der Waals surface area contributed by atoms with Crippen molar-refractivity contribution in [2.75, 3.05) is 14.2 Å². The highest BCUT2D eigenvalue weighted by Gasteiger charge is 2.42. The number of carbonyl (C=O) groups excluding carboxylic acids is 4. The molecule has 4 N–H and O–H groups in total. The highest BCUT2D eigenvalue weighted by Crippen LogP contribution is 2.37. The molecule has 0 bridgehead atoms. The number of nitrogens with zero attached hydrogens (tertiary/aromatic N) is 1. The maximum atomic E-state index is 14.3. The van der Waals surface area contributed by atoms with Crippen molar-refractivity contribution in [3.8, 4) is 22.8 Å². The second-order valence-electron chi connectivity index (χ2n) is 15.3. The molecule has 5 atom stereocenters. The van der Waals surface area contributed by atoms with Crippen molar-refractivity contribution in [2.45, 2.75) is 96.9 Å². The standard InChI is InChI=1S/C42H52N4O9/c1-7-31(40(50)51)44-37(47)29-20-27(55-34-23-32(24-14-10-8-11-15-24)43-33-22-26(53-5)18-19-28(33)34)21-30(29)38(48)46-36(42(2,3)4)39(49)45-35(41(52)54-6)25-16-12-9-13-17-25/h8,10-11,14-15,18-19,21-23,25,27,29,31,35-36H,7,9,12-13,16-17,20H2,1-6H3,(H,44,47)(H,45,49)(H,46,48)(H,50,51)/t27?,29?,31-,35?,36+/m0/s1. The molecule has 2 aliphatic carbocycles. The summed E-state index contributed by atoms with van der Waals surface area (Å²) in [6.07, 6.45) is 5.36. The van der Waals surface area contributed by atoms with Crippen molar-refractivity contribution >= 4 is 40.6 Å². The lowest BCUT2D eigenvalue weighted by Crippen LogP contribution is -2.58. The van der Waals surface area contributed by atoms with E-state index in [1.54, 1.807) is 59.1 Å². The van der Waals surface area contributed by atoms with Crippen LogP contribution in [0.4, 0.5) is 0 Å². The molecular weight excluding hydrogens is 704 g/mol. The summed E-state index contributed by atoms with van der Waals surface area (Å²) in [4.78, 5) is 71.7. The van der Waals surface area contributed by atoms with Gasteiger partial charge in [-0.3, -0.25) is 14.4 Å². The van der Waals surface area contributed by atoms with Crippen molar-refractivity contribution in [1.29, 1.82) is 0 Å². The molecule has 1 fully saturated rings. The zero-order valence-corrected chi connectivity index (χ0v) is 32.3. The number of ether oxygens (including phenoxy) is 3. The number of rotatable bonds is 14. The molecule has 55 heavy (non-hydrogen) atoms.